The second kappa shape index (κ2) is 11.5. The van der Waals surface area contributed by atoms with Crippen molar-refractivity contribution in [2.45, 2.75) is 58.7 Å². The van der Waals surface area contributed by atoms with Gasteiger partial charge in [-0.1, -0.05) is 24.3 Å². The van der Waals surface area contributed by atoms with Crippen molar-refractivity contribution in [3.8, 4) is 5.75 Å². The lowest BCUT2D eigenvalue weighted by molar-refractivity contribution is -0.139. The zero-order valence-corrected chi connectivity index (χ0v) is 19.5. The van der Waals surface area contributed by atoms with Gasteiger partial charge in [-0.3, -0.25) is 9.59 Å². The van der Waals surface area contributed by atoms with Crippen LogP contribution < -0.4 is 10.1 Å². The fourth-order valence-corrected chi connectivity index (χ4v) is 4.09. The lowest BCUT2D eigenvalue weighted by Crippen LogP contribution is -2.49. The van der Waals surface area contributed by atoms with Gasteiger partial charge in [-0.2, -0.15) is 0 Å². The number of likely N-dealkylation sites (tertiary alicyclic amines) is 1. The van der Waals surface area contributed by atoms with Crippen molar-refractivity contribution >= 4 is 17.8 Å². The van der Waals surface area contributed by atoms with Gasteiger partial charge in [0, 0.05) is 18.6 Å². The third-order valence-corrected chi connectivity index (χ3v) is 6.01. The molecule has 0 aliphatic carbocycles. The van der Waals surface area contributed by atoms with Crippen molar-refractivity contribution in [1.82, 2.24) is 10.2 Å². The Balaban J connectivity index is 1.42. The number of hydrogen-bond acceptors (Lipinski definition) is 5. The summed E-state index contributed by atoms with van der Waals surface area (Å²) in [4.78, 5) is 38.7. The molecular formula is C26H32N2O5. The summed E-state index contributed by atoms with van der Waals surface area (Å²) in [5.41, 5.74) is 2.40. The lowest BCUT2D eigenvalue weighted by atomic mass is 9.97. The fourth-order valence-electron chi connectivity index (χ4n) is 4.09. The summed E-state index contributed by atoms with van der Waals surface area (Å²) in [6.45, 7) is 6.08. The Kier molecular flexibility index (Phi) is 8.46. The Labute approximate surface area is 195 Å². The van der Waals surface area contributed by atoms with Crippen molar-refractivity contribution in [2.75, 3.05) is 13.2 Å². The molecular weight excluding hydrogens is 420 g/mol. The van der Waals surface area contributed by atoms with Crippen molar-refractivity contribution in [2.24, 2.45) is 0 Å². The second-order valence-electron chi connectivity index (χ2n) is 8.52. The Morgan fingerprint density at radius 3 is 2.30 bits per heavy atom. The van der Waals surface area contributed by atoms with E-state index in [9.17, 15) is 14.4 Å². The average molecular weight is 453 g/mol. The minimum absolute atomic E-state index is 0.0325. The van der Waals surface area contributed by atoms with Crippen LogP contribution in [0.1, 0.15) is 54.6 Å². The molecule has 1 fully saturated rings. The minimum atomic E-state index is -0.598. The molecule has 1 heterocycles. The summed E-state index contributed by atoms with van der Waals surface area (Å²) in [6, 6.07) is 14.5. The highest BCUT2D eigenvalue weighted by atomic mass is 16.5. The van der Waals surface area contributed by atoms with E-state index < -0.39 is 5.97 Å². The van der Waals surface area contributed by atoms with Crippen LogP contribution in [0.25, 0.3) is 0 Å². The molecule has 2 atom stereocenters. The van der Waals surface area contributed by atoms with E-state index in [-0.39, 0.29) is 37.1 Å². The molecule has 0 spiro atoms. The Bertz CT molecular complexity index is 963. The molecule has 7 heteroatoms. The summed E-state index contributed by atoms with van der Waals surface area (Å²) in [7, 11) is 0. The highest BCUT2D eigenvalue weighted by molar-refractivity contribution is 5.91. The summed E-state index contributed by atoms with van der Waals surface area (Å²) in [5, 5.41) is 2.74. The first-order chi connectivity index (χ1) is 15.8. The van der Waals surface area contributed by atoms with E-state index >= 15 is 0 Å². The number of nitrogens with one attached hydrogen (secondary N) is 1. The summed E-state index contributed by atoms with van der Waals surface area (Å²) in [6.07, 6.45) is 3.16. The molecule has 2 amide bonds. The number of nitrogens with zero attached hydrogens (tertiary/aromatic N) is 1. The first kappa shape index (κ1) is 24.3. The van der Waals surface area contributed by atoms with E-state index in [2.05, 4.69) is 19.2 Å². The number of carbonyl (C=O) groups is 3. The fraction of sp³-hybridized carbons (Fsp3) is 0.423. The number of hydrogen-bond donors (Lipinski definition) is 1. The van der Waals surface area contributed by atoms with Gasteiger partial charge in [-0.25, -0.2) is 4.79 Å². The van der Waals surface area contributed by atoms with E-state index in [1.807, 2.05) is 36.1 Å². The summed E-state index contributed by atoms with van der Waals surface area (Å²) in [5.74, 6) is -0.506. The number of esters is 1. The third kappa shape index (κ3) is 6.81. The molecule has 0 saturated carbocycles. The number of benzene rings is 2. The molecule has 0 aromatic heterocycles. The van der Waals surface area contributed by atoms with Crippen LogP contribution in [0.15, 0.2) is 48.5 Å². The van der Waals surface area contributed by atoms with Gasteiger partial charge in [-0.15, -0.1) is 0 Å². The number of amides is 2. The largest absolute Gasteiger partial charge is 0.484 e. The van der Waals surface area contributed by atoms with E-state index in [1.54, 1.807) is 24.3 Å². The number of piperidine rings is 1. The van der Waals surface area contributed by atoms with Gasteiger partial charge in [0.05, 0.1) is 5.56 Å². The zero-order chi connectivity index (χ0) is 23.8. The molecule has 1 N–H and O–H groups in total. The topological polar surface area (TPSA) is 84.9 Å². The van der Waals surface area contributed by atoms with Crippen molar-refractivity contribution in [3.63, 3.8) is 0 Å². The molecule has 176 valence electrons. The normalized spacial score (nSPS) is 17.8. The van der Waals surface area contributed by atoms with Crippen LogP contribution in [0.4, 0.5) is 0 Å². The predicted molar refractivity (Wildman–Crippen MR) is 125 cm³/mol. The van der Waals surface area contributed by atoms with Gasteiger partial charge in [0.2, 0.25) is 0 Å². The molecule has 3 rings (SSSR count). The third-order valence-electron chi connectivity index (χ3n) is 6.01. The molecule has 7 nitrogen and oxygen atoms in total. The minimum Gasteiger partial charge on any atom is -0.484 e. The van der Waals surface area contributed by atoms with Crippen LogP contribution in [0.5, 0.6) is 5.75 Å². The number of rotatable bonds is 8. The summed E-state index contributed by atoms with van der Waals surface area (Å²) >= 11 is 0. The molecule has 2 unspecified atom stereocenters. The van der Waals surface area contributed by atoms with Crippen LogP contribution >= 0.6 is 0 Å². The Morgan fingerprint density at radius 2 is 1.64 bits per heavy atom. The average Bonchev–Trinajstić information content (AvgIpc) is 2.81. The van der Waals surface area contributed by atoms with Gasteiger partial charge in [0.1, 0.15) is 5.75 Å². The zero-order valence-electron chi connectivity index (χ0n) is 19.5. The SMILES string of the molecule is Cc1ccccc1CNC(=O)COC(=O)c1ccc(OCC(=O)N2C(C)CCCC2C)cc1. The maximum absolute atomic E-state index is 12.6. The van der Waals surface area contributed by atoms with Crippen LogP contribution in [-0.2, 0) is 20.9 Å². The van der Waals surface area contributed by atoms with Crippen LogP contribution in [0, 0.1) is 6.92 Å². The van der Waals surface area contributed by atoms with Gasteiger partial charge in [0.25, 0.3) is 11.8 Å². The van der Waals surface area contributed by atoms with E-state index in [0.29, 0.717) is 17.9 Å². The van der Waals surface area contributed by atoms with Crippen molar-refractivity contribution in [3.05, 3.63) is 65.2 Å². The Morgan fingerprint density at radius 1 is 0.970 bits per heavy atom. The van der Waals surface area contributed by atoms with Crippen molar-refractivity contribution < 1.29 is 23.9 Å². The molecule has 1 aliphatic rings. The highest BCUT2D eigenvalue weighted by Crippen LogP contribution is 2.23. The van der Waals surface area contributed by atoms with E-state index in [1.165, 1.54) is 0 Å². The quantitative estimate of drug-likeness (QED) is 0.618. The van der Waals surface area contributed by atoms with Crippen molar-refractivity contribution in [1.29, 1.82) is 0 Å². The van der Waals surface area contributed by atoms with Crippen LogP contribution in [-0.4, -0.2) is 48.0 Å². The molecule has 0 radical (unpaired) electrons. The summed E-state index contributed by atoms with van der Waals surface area (Å²) < 4.78 is 10.7. The smallest absolute Gasteiger partial charge is 0.338 e. The first-order valence-corrected chi connectivity index (χ1v) is 11.4. The van der Waals surface area contributed by atoms with Gasteiger partial charge in [-0.05, 0) is 75.4 Å². The standard InChI is InChI=1S/C26H32N2O5/c1-18-7-4-5-10-22(18)15-27-24(29)16-33-26(31)21-11-13-23(14-12-21)32-17-25(30)28-19(2)8-6-9-20(28)3/h4-5,7,10-14,19-20H,6,8-9,15-17H2,1-3H3,(H,27,29). The maximum atomic E-state index is 12.6. The predicted octanol–water partition coefficient (Wildman–Crippen LogP) is 3.64. The second-order valence-corrected chi connectivity index (χ2v) is 8.52. The molecule has 0 bridgehead atoms. The maximum Gasteiger partial charge on any atom is 0.338 e. The van der Waals surface area contributed by atoms with Crippen LogP contribution in [0.2, 0.25) is 0 Å². The molecule has 1 aliphatic heterocycles. The number of carbonyl (C=O) groups excluding carboxylic acids is 3. The van der Waals surface area contributed by atoms with E-state index in [4.69, 9.17) is 9.47 Å². The monoisotopic (exact) mass is 452 g/mol. The van der Waals surface area contributed by atoms with Crippen LogP contribution in [0.3, 0.4) is 0 Å². The lowest BCUT2D eigenvalue weighted by Gasteiger charge is -2.38. The molecule has 1 saturated heterocycles. The van der Waals surface area contributed by atoms with Gasteiger partial charge < -0.3 is 19.7 Å². The van der Waals surface area contributed by atoms with Gasteiger partial charge >= 0.3 is 5.97 Å². The molecule has 33 heavy (non-hydrogen) atoms. The highest BCUT2D eigenvalue weighted by Gasteiger charge is 2.29. The number of ether oxygens (including phenoxy) is 2. The molecule has 2 aromatic rings. The first-order valence-electron chi connectivity index (χ1n) is 11.4. The molecule has 2 aromatic carbocycles. The van der Waals surface area contributed by atoms with E-state index in [0.717, 1.165) is 30.4 Å². The number of aryl methyl sites for hydroxylation is 1. The van der Waals surface area contributed by atoms with Gasteiger partial charge in [0.15, 0.2) is 13.2 Å². The Hall–Kier alpha value is -3.35.